The van der Waals surface area contributed by atoms with E-state index < -0.39 is 0 Å². The van der Waals surface area contributed by atoms with E-state index in [1.165, 1.54) is 21.7 Å². The third-order valence-corrected chi connectivity index (χ3v) is 4.43. The third-order valence-electron chi connectivity index (χ3n) is 4.43. The smallest absolute Gasteiger partial charge is 0.128 e. The van der Waals surface area contributed by atoms with Crippen LogP contribution in [0.25, 0.3) is 43.6 Å². The van der Waals surface area contributed by atoms with Gasteiger partial charge in [-0.1, -0.05) is 24.3 Å². The minimum absolute atomic E-state index is 0.906. The second-order valence-corrected chi connectivity index (χ2v) is 5.62. The third kappa shape index (κ3) is 1.40. The van der Waals surface area contributed by atoms with Crippen LogP contribution in [0.15, 0.2) is 54.6 Å². The molecular weight excluding hydrogens is 272 g/mol. The first-order valence-corrected chi connectivity index (χ1v) is 7.34. The van der Waals surface area contributed by atoms with Crippen LogP contribution in [0.2, 0.25) is 0 Å². The summed E-state index contributed by atoms with van der Waals surface area (Å²) in [5.41, 5.74) is 4.55. The molecule has 2 heterocycles. The van der Waals surface area contributed by atoms with Crippen molar-refractivity contribution in [1.82, 2.24) is 9.97 Å². The van der Waals surface area contributed by atoms with E-state index in [0.29, 0.717) is 0 Å². The Hall–Kier alpha value is -2.94. The molecule has 0 saturated carbocycles. The van der Waals surface area contributed by atoms with Crippen molar-refractivity contribution in [2.75, 3.05) is 7.11 Å². The van der Waals surface area contributed by atoms with Crippen LogP contribution in [0, 0.1) is 0 Å². The molecule has 0 atom stereocenters. The average Bonchev–Trinajstić information content (AvgIpc) is 3.09. The second kappa shape index (κ2) is 4.04. The van der Waals surface area contributed by atoms with E-state index in [1.54, 1.807) is 7.11 Å². The lowest BCUT2D eigenvalue weighted by Gasteiger charge is -2.01. The van der Waals surface area contributed by atoms with Crippen LogP contribution in [0.1, 0.15) is 0 Å². The number of benzene rings is 3. The molecule has 3 heteroatoms. The van der Waals surface area contributed by atoms with Crippen molar-refractivity contribution in [2.24, 2.45) is 0 Å². The largest absolute Gasteiger partial charge is 0.496 e. The lowest BCUT2D eigenvalue weighted by atomic mass is 10.1. The van der Waals surface area contributed by atoms with Gasteiger partial charge in [0.1, 0.15) is 5.75 Å². The van der Waals surface area contributed by atoms with E-state index in [4.69, 9.17) is 4.74 Å². The summed E-state index contributed by atoms with van der Waals surface area (Å²) in [6, 6.07) is 19.0. The maximum absolute atomic E-state index is 5.55. The molecule has 0 fully saturated rings. The fourth-order valence-electron chi connectivity index (χ4n) is 3.44. The van der Waals surface area contributed by atoms with E-state index in [2.05, 4.69) is 52.4 Å². The monoisotopic (exact) mass is 286 g/mol. The van der Waals surface area contributed by atoms with Crippen LogP contribution in [-0.2, 0) is 0 Å². The molecule has 0 spiro atoms. The fourth-order valence-corrected chi connectivity index (χ4v) is 3.44. The molecule has 0 amide bonds. The van der Waals surface area contributed by atoms with Crippen LogP contribution in [-0.4, -0.2) is 17.1 Å². The van der Waals surface area contributed by atoms with Crippen molar-refractivity contribution < 1.29 is 4.74 Å². The molecule has 0 aliphatic heterocycles. The zero-order chi connectivity index (χ0) is 14.7. The first-order valence-electron chi connectivity index (χ1n) is 7.34. The van der Waals surface area contributed by atoms with Gasteiger partial charge in [-0.3, -0.25) is 0 Å². The Kier molecular flexibility index (Phi) is 2.15. The molecule has 0 unspecified atom stereocenters. The van der Waals surface area contributed by atoms with Gasteiger partial charge < -0.3 is 14.7 Å². The van der Waals surface area contributed by atoms with Crippen LogP contribution in [0.4, 0.5) is 0 Å². The van der Waals surface area contributed by atoms with Gasteiger partial charge in [-0.15, -0.1) is 0 Å². The van der Waals surface area contributed by atoms with Gasteiger partial charge in [0.2, 0.25) is 0 Å². The maximum Gasteiger partial charge on any atom is 0.128 e. The average molecular weight is 286 g/mol. The fraction of sp³-hybridized carbons (Fsp3) is 0.0526. The molecule has 0 aliphatic carbocycles. The van der Waals surface area contributed by atoms with Crippen molar-refractivity contribution >= 4 is 43.6 Å². The van der Waals surface area contributed by atoms with E-state index in [0.717, 1.165) is 27.7 Å². The molecule has 106 valence electrons. The molecule has 0 aliphatic rings. The Bertz CT molecular complexity index is 1160. The molecule has 22 heavy (non-hydrogen) atoms. The zero-order valence-electron chi connectivity index (χ0n) is 12.1. The van der Waals surface area contributed by atoms with Crippen LogP contribution in [0.5, 0.6) is 5.75 Å². The summed E-state index contributed by atoms with van der Waals surface area (Å²) in [6.07, 6.45) is 0. The summed E-state index contributed by atoms with van der Waals surface area (Å²) in [7, 11) is 1.72. The molecule has 0 saturated heterocycles. The van der Waals surface area contributed by atoms with Gasteiger partial charge in [-0.2, -0.15) is 0 Å². The quantitative estimate of drug-likeness (QED) is 0.449. The Morgan fingerprint density at radius 2 is 1.45 bits per heavy atom. The van der Waals surface area contributed by atoms with E-state index in [1.807, 2.05) is 12.1 Å². The standard InChI is InChI=1S/C19H14N2O/c1-22-18-8-4-7-15-19(18)13-9-12-11-5-2-3-6-14(11)20-16(12)10-17(13)21-15/h2-10,20-21H,1H3. The van der Waals surface area contributed by atoms with Crippen molar-refractivity contribution in [3.05, 3.63) is 54.6 Å². The molecule has 0 bridgehead atoms. The Morgan fingerprint density at radius 1 is 0.682 bits per heavy atom. The molecule has 0 radical (unpaired) electrons. The van der Waals surface area contributed by atoms with Crippen LogP contribution in [0.3, 0.4) is 0 Å². The highest BCUT2D eigenvalue weighted by Gasteiger charge is 2.12. The highest BCUT2D eigenvalue weighted by atomic mass is 16.5. The summed E-state index contributed by atoms with van der Waals surface area (Å²) in [4.78, 5) is 6.98. The number of hydrogen-bond acceptors (Lipinski definition) is 1. The van der Waals surface area contributed by atoms with E-state index in [9.17, 15) is 0 Å². The lowest BCUT2D eigenvalue weighted by Crippen LogP contribution is -1.82. The minimum atomic E-state index is 0.906. The Balaban J connectivity index is 2.02. The van der Waals surface area contributed by atoms with Gasteiger partial charge in [0.25, 0.3) is 0 Å². The minimum Gasteiger partial charge on any atom is -0.496 e. The van der Waals surface area contributed by atoms with Gasteiger partial charge in [0.15, 0.2) is 0 Å². The number of aromatic amines is 2. The SMILES string of the molecule is COc1cccc2[nH]c3cc4[nH]c5ccccc5c4cc3c12. The van der Waals surface area contributed by atoms with Crippen molar-refractivity contribution in [3.8, 4) is 5.75 Å². The Morgan fingerprint density at radius 3 is 2.36 bits per heavy atom. The zero-order valence-corrected chi connectivity index (χ0v) is 12.1. The topological polar surface area (TPSA) is 40.8 Å². The summed E-state index contributed by atoms with van der Waals surface area (Å²) in [5.74, 6) is 0.906. The molecular formula is C19H14N2O. The van der Waals surface area contributed by atoms with Crippen molar-refractivity contribution in [3.63, 3.8) is 0 Å². The van der Waals surface area contributed by atoms with Crippen molar-refractivity contribution in [1.29, 1.82) is 0 Å². The van der Waals surface area contributed by atoms with Crippen LogP contribution < -0.4 is 4.74 Å². The van der Waals surface area contributed by atoms with Gasteiger partial charge in [0, 0.05) is 38.1 Å². The number of hydrogen-bond donors (Lipinski definition) is 2. The lowest BCUT2D eigenvalue weighted by molar-refractivity contribution is 0.420. The van der Waals surface area contributed by atoms with Gasteiger partial charge in [-0.25, -0.2) is 0 Å². The van der Waals surface area contributed by atoms with Crippen molar-refractivity contribution in [2.45, 2.75) is 0 Å². The van der Waals surface area contributed by atoms with Gasteiger partial charge >= 0.3 is 0 Å². The van der Waals surface area contributed by atoms with Gasteiger partial charge in [-0.05, 0) is 30.3 Å². The molecule has 3 aromatic carbocycles. The highest BCUT2D eigenvalue weighted by Crippen LogP contribution is 2.36. The number of methoxy groups -OCH3 is 1. The molecule has 5 rings (SSSR count). The number of para-hydroxylation sites is 1. The van der Waals surface area contributed by atoms with E-state index >= 15 is 0 Å². The number of rotatable bonds is 1. The summed E-state index contributed by atoms with van der Waals surface area (Å²) < 4.78 is 5.55. The molecule has 2 aromatic heterocycles. The number of H-pyrrole nitrogens is 2. The number of nitrogens with one attached hydrogen (secondary N) is 2. The first-order chi connectivity index (χ1) is 10.8. The Labute approximate surface area is 126 Å². The number of aromatic nitrogens is 2. The first kappa shape index (κ1) is 11.7. The number of ether oxygens (including phenoxy) is 1. The number of fused-ring (bicyclic) bond motifs is 6. The summed E-state index contributed by atoms with van der Waals surface area (Å²) >= 11 is 0. The molecule has 3 nitrogen and oxygen atoms in total. The summed E-state index contributed by atoms with van der Waals surface area (Å²) in [6.45, 7) is 0. The van der Waals surface area contributed by atoms with E-state index in [-0.39, 0.29) is 0 Å². The highest BCUT2D eigenvalue weighted by molar-refractivity contribution is 6.18. The van der Waals surface area contributed by atoms with Crippen LogP contribution >= 0.6 is 0 Å². The molecule has 5 aromatic rings. The maximum atomic E-state index is 5.55. The normalized spacial score (nSPS) is 11.9. The van der Waals surface area contributed by atoms with Gasteiger partial charge in [0.05, 0.1) is 12.6 Å². The predicted octanol–water partition coefficient (Wildman–Crippen LogP) is 4.96. The predicted molar refractivity (Wildman–Crippen MR) is 91.7 cm³/mol. The summed E-state index contributed by atoms with van der Waals surface area (Å²) in [5, 5.41) is 4.84. The second-order valence-electron chi connectivity index (χ2n) is 5.62. The molecule has 2 N–H and O–H groups in total.